The van der Waals surface area contributed by atoms with Gasteiger partial charge in [0.05, 0.1) is 25.3 Å². The summed E-state index contributed by atoms with van der Waals surface area (Å²) in [6, 6.07) is 14.0. The van der Waals surface area contributed by atoms with Crippen LogP contribution in [0.3, 0.4) is 0 Å². The van der Waals surface area contributed by atoms with Crippen molar-refractivity contribution in [2.45, 2.75) is 26.3 Å². The minimum atomic E-state index is -0.604. The number of esters is 1. The highest BCUT2D eigenvalue weighted by atomic mass is 16.5. The number of nitrogens with zero attached hydrogens (tertiary/aromatic N) is 3. The summed E-state index contributed by atoms with van der Waals surface area (Å²) in [5.41, 5.74) is 3.55. The van der Waals surface area contributed by atoms with Gasteiger partial charge < -0.3 is 19.7 Å². The third-order valence-corrected chi connectivity index (χ3v) is 7.03. The average Bonchev–Trinajstić information content (AvgIpc) is 3.16. The van der Waals surface area contributed by atoms with E-state index >= 15 is 0 Å². The van der Waals surface area contributed by atoms with Crippen molar-refractivity contribution in [1.82, 2.24) is 20.0 Å². The molecule has 0 spiro atoms. The number of methoxy groups -OCH3 is 1. The van der Waals surface area contributed by atoms with Gasteiger partial charge in [-0.2, -0.15) is 0 Å². The van der Waals surface area contributed by atoms with Gasteiger partial charge in [-0.05, 0) is 50.1 Å². The molecule has 0 radical (unpaired) electrons. The van der Waals surface area contributed by atoms with E-state index in [4.69, 9.17) is 9.47 Å². The van der Waals surface area contributed by atoms with Crippen LogP contribution in [0.25, 0.3) is 0 Å². The van der Waals surface area contributed by atoms with Gasteiger partial charge in [0, 0.05) is 51.0 Å². The summed E-state index contributed by atoms with van der Waals surface area (Å²) in [6.07, 6.45) is 0.779. The van der Waals surface area contributed by atoms with Crippen LogP contribution < -0.4 is 10.1 Å². The van der Waals surface area contributed by atoms with E-state index in [1.807, 2.05) is 36.1 Å². The standard InChI is InChI=1S/C29H36N4O5/c1-5-38-28(35)25-24(31(3)29(36)30-26(25)22-9-6-8-20(2)18-22)19-32-14-7-15-33(17-16-32)27(34)21-10-12-23(37-4)13-11-21/h6,8-13,18,26H,5,7,14-17,19H2,1-4H3,(H,30,36). The molecule has 1 saturated heterocycles. The van der Waals surface area contributed by atoms with Crippen LogP contribution >= 0.6 is 0 Å². The monoisotopic (exact) mass is 520 g/mol. The van der Waals surface area contributed by atoms with Crippen LogP contribution in [0.2, 0.25) is 0 Å². The summed E-state index contributed by atoms with van der Waals surface area (Å²) in [6.45, 7) is 6.91. The highest BCUT2D eigenvalue weighted by Crippen LogP contribution is 2.32. The molecule has 2 aromatic carbocycles. The number of nitrogens with one attached hydrogen (secondary N) is 1. The number of amides is 3. The molecule has 2 aliphatic rings. The van der Waals surface area contributed by atoms with Gasteiger partial charge in [0.15, 0.2) is 0 Å². The molecule has 2 aliphatic heterocycles. The summed E-state index contributed by atoms with van der Waals surface area (Å²) in [4.78, 5) is 44.9. The summed E-state index contributed by atoms with van der Waals surface area (Å²) >= 11 is 0. The van der Waals surface area contributed by atoms with Crippen molar-refractivity contribution in [3.05, 3.63) is 76.5 Å². The molecule has 2 aromatic rings. The molecule has 9 nitrogen and oxygen atoms in total. The number of rotatable bonds is 7. The first-order valence-electron chi connectivity index (χ1n) is 13.0. The second-order valence-corrected chi connectivity index (χ2v) is 9.59. The van der Waals surface area contributed by atoms with E-state index in [0.717, 1.165) is 24.1 Å². The molecule has 1 fully saturated rings. The molecule has 1 unspecified atom stereocenters. The Hall–Kier alpha value is -3.85. The predicted octanol–water partition coefficient (Wildman–Crippen LogP) is 3.37. The first-order valence-corrected chi connectivity index (χ1v) is 13.0. The van der Waals surface area contributed by atoms with Crippen molar-refractivity contribution < 1.29 is 23.9 Å². The third-order valence-electron chi connectivity index (χ3n) is 7.03. The van der Waals surface area contributed by atoms with Gasteiger partial charge in [-0.1, -0.05) is 29.8 Å². The van der Waals surface area contributed by atoms with Gasteiger partial charge in [-0.3, -0.25) is 14.6 Å². The Kier molecular flexibility index (Phi) is 8.68. The van der Waals surface area contributed by atoms with Crippen molar-refractivity contribution in [2.75, 3.05) is 53.5 Å². The van der Waals surface area contributed by atoms with Crippen LogP contribution in [-0.4, -0.2) is 86.1 Å². The van der Waals surface area contributed by atoms with Gasteiger partial charge in [-0.25, -0.2) is 9.59 Å². The summed E-state index contributed by atoms with van der Waals surface area (Å²) in [7, 11) is 3.27. The average molecular weight is 521 g/mol. The molecule has 2 heterocycles. The van der Waals surface area contributed by atoms with Crippen LogP contribution in [0.15, 0.2) is 59.8 Å². The van der Waals surface area contributed by atoms with E-state index in [1.54, 1.807) is 45.3 Å². The Balaban J connectivity index is 1.57. The fourth-order valence-electron chi connectivity index (χ4n) is 4.96. The molecule has 4 rings (SSSR count). The van der Waals surface area contributed by atoms with Crippen LogP contribution in [0.5, 0.6) is 5.75 Å². The number of carbonyl (C=O) groups excluding carboxylic acids is 3. The van der Waals surface area contributed by atoms with Gasteiger partial charge in [0.1, 0.15) is 5.75 Å². The van der Waals surface area contributed by atoms with Crippen molar-refractivity contribution in [3.63, 3.8) is 0 Å². The van der Waals surface area contributed by atoms with Gasteiger partial charge in [0.25, 0.3) is 5.91 Å². The first kappa shape index (κ1) is 27.2. The van der Waals surface area contributed by atoms with E-state index in [0.29, 0.717) is 48.8 Å². The molecule has 0 saturated carbocycles. The Morgan fingerprint density at radius 1 is 1.05 bits per heavy atom. The van der Waals surface area contributed by atoms with Crippen molar-refractivity contribution in [1.29, 1.82) is 0 Å². The van der Waals surface area contributed by atoms with Crippen molar-refractivity contribution in [2.24, 2.45) is 0 Å². The van der Waals surface area contributed by atoms with Gasteiger partial charge in [-0.15, -0.1) is 0 Å². The fourth-order valence-corrected chi connectivity index (χ4v) is 4.96. The lowest BCUT2D eigenvalue weighted by atomic mass is 9.93. The SMILES string of the molecule is CCOC(=O)C1=C(CN2CCCN(C(=O)c3ccc(OC)cc3)CC2)N(C)C(=O)NC1c1cccc(C)c1. The van der Waals surface area contributed by atoms with E-state index in [1.165, 1.54) is 4.90 Å². The first-order chi connectivity index (χ1) is 18.3. The maximum absolute atomic E-state index is 13.2. The molecule has 1 N–H and O–H groups in total. The zero-order valence-corrected chi connectivity index (χ0v) is 22.5. The number of urea groups is 1. The van der Waals surface area contributed by atoms with E-state index in [9.17, 15) is 14.4 Å². The summed E-state index contributed by atoms with van der Waals surface area (Å²) in [5, 5.41) is 2.97. The maximum atomic E-state index is 13.2. The highest BCUT2D eigenvalue weighted by molar-refractivity contribution is 5.95. The lowest BCUT2D eigenvalue weighted by Crippen LogP contribution is -2.49. The largest absolute Gasteiger partial charge is 0.497 e. The topological polar surface area (TPSA) is 91.4 Å². The highest BCUT2D eigenvalue weighted by Gasteiger charge is 2.37. The van der Waals surface area contributed by atoms with Gasteiger partial charge >= 0.3 is 12.0 Å². The van der Waals surface area contributed by atoms with Gasteiger partial charge in [0.2, 0.25) is 0 Å². The van der Waals surface area contributed by atoms with Crippen LogP contribution in [0.1, 0.15) is 40.9 Å². The molecule has 3 amide bonds. The molecule has 1 atom stereocenters. The molecule has 0 bridgehead atoms. The number of likely N-dealkylation sites (N-methyl/N-ethyl adjacent to an activating group) is 1. The number of aryl methyl sites for hydroxylation is 1. The second-order valence-electron chi connectivity index (χ2n) is 9.59. The molecule has 38 heavy (non-hydrogen) atoms. The Bertz CT molecular complexity index is 1210. The van der Waals surface area contributed by atoms with Crippen LogP contribution in [0, 0.1) is 6.92 Å². The maximum Gasteiger partial charge on any atom is 0.338 e. The van der Waals surface area contributed by atoms with Crippen LogP contribution in [0.4, 0.5) is 4.79 Å². The zero-order chi connectivity index (χ0) is 27.2. The van der Waals surface area contributed by atoms with E-state index in [-0.39, 0.29) is 18.5 Å². The normalized spacial score (nSPS) is 18.6. The number of hydrogen-bond acceptors (Lipinski definition) is 6. The quantitative estimate of drug-likeness (QED) is 0.563. The van der Waals surface area contributed by atoms with Crippen molar-refractivity contribution >= 4 is 17.9 Å². The second kappa shape index (κ2) is 12.1. The molecular weight excluding hydrogens is 484 g/mol. The smallest absolute Gasteiger partial charge is 0.338 e. The Morgan fingerprint density at radius 3 is 2.50 bits per heavy atom. The lowest BCUT2D eigenvalue weighted by molar-refractivity contribution is -0.139. The molecule has 9 heteroatoms. The minimum absolute atomic E-state index is 0.0189. The number of benzene rings is 2. The number of hydrogen-bond donors (Lipinski definition) is 1. The number of ether oxygens (including phenoxy) is 2. The summed E-state index contributed by atoms with van der Waals surface area (Å²) in [5.74, 6) is 0.250. The molecule has 0 aromatic heterocycles. The number of carbonyl (C=O) groups is 3. The third kappa shape index (κ3) is 5.99. The predicted molar refractivity (Wildman–Crippen MR) is 144 cm³/mol. The van der Waals surface area contributed by atoms with Crippen LogP contribution in [-0.2, 0) is 9.53 Å². The molecule has 0 aliphatic carbocycles. The minimum Gasteiger partial charge on any atom is -0.497 e. The van der Waals surface area contributed by atoms with Crippen molar-refractivity contribution in [3.8, 4) is 5.75 Å². The molecular formula is C29H36N4O5. The Labute approximate surface area is 224 Å². The fraction of sp³-hybridized carbons (Fsp3) is 0.414. The lowest BCUT2D eigenvalue weighted by Gasteiger charge is -2.36. The summed E-state index contributed by atoms with van der Waals surface area (Å²) < 4.78 is 10.6. The molecule has 202 valence electrons. The van der Waals surface area contributed by atoms with E-state index in [2.05, 4.69) is 10.2 Å². The zero-order valence-electron chi connectivity index (χ0n) is 22.5. The van der Waals surface area contributed by atoms with E-state index < -0.39 is 12.0 Å². The Morgan fingerprint density at radius 2 is 1.82 bits per heavy atom.